The molecule has 0 radical (unpaired) electrons. The number of rotatable bonds is 7. The summed E-state index contributed by atoms with van der Waals surface area (Å²) in [7, 11) is 1.88. The van der Waals surface area contributed by atoms with E-state index in [9.17, 15) is 0 Å². The molecule has 0 bridgehead atoms. The Morgan fingerprint density at radius 3 is 2.04 bits per heavy atom. The van der Waals surface area contributed by atoms with Crippen LogP contribution in [0, 0.1) is 10.8 Å². The number of hydrogen-bond acceptors (Lipinski definition) is 2. The van der Waals surface area contributed by atoms with Crippen LogP contribution in [0.1, 0.15) is 32.3 Å². The van der Waals surface area contributed by atoms with Crippen molar-refractivity contribution in [2.45, 2.75) is 33.1 Å². The quantitative estimate of drug-likeness (QED) is 0.528. The first-order valence-electron chi connectivity index (χ1n) is 8.02. The van der Waals surface area contributed by atoms with Gasteiger partial charge in [0.1, 0.15) is 0 Å². The van der Waals surface area contributed by atoms with Gasteiger partial charge >= 0.3 is 0 Å². The van der Waals surface area contributed by atoms with Gasteiger partial charge < -0.3 is 9.80 Å². The SMILES string of the molecule is CCCN(CCC)C(=N)NC(=N)N(C)CCc1ccccc1.Cl. The van der Waals surface area contributed by atoms with Crippen molar-refractivity contribution in [1.82, 2.24) is 15.1 Å². The lowest BCUT2D eigenvalue weighted by atomic mass is 10.1. The summed E-state index contributed by atoms with van der Waals surface area (Å²) in [4.78, 5) is 3.83. The van der Waals surface area contributed by atoms with Crippen molar-refractivity contribution in [3.05, 3.63) is 35.9 Å². The van der Waals surface area contributed by atoms with Crippen molar-refractivity contribution in [3.63, 3.8) is 0 Å². The molecule has 0 spiro atoms. The van der Waals surface area contributed by atoms with Crippen LogP contribution < -0.4 is 5.32 Å². The molecule has 0 aliphatic rings. The van der Waals surface area contributed by atoms with Gasteiger partial charge in [-0.05, 0) is 24.8 Å². The van der Waals surface area contributed by atoms with E-state index in [0.29, 0.717) is 5.96 Å². The Morgan fingerprint density at radius 1 is 0.957 bits per heavy atom. The molecule has 5 nitrogen and oxygen atoms in total. The second kappa shape index (κ2) is 11.8. The zero-order valence-electron chi connectivity index (χ0n) is 14.4. The average molecular weight is 340 g/mol. The first-order valence-corrected chi connectivity index (χ1v) is 8.02. The number of halogens is 1. The van der Waals surface area contributed by atoms with Crippen LogP contribution in [0.15, 0.2) is 30.3 Å². The molecule has 6 heteroatoms. The van der Waals surface area contributed by atoms with Gasteiger partial charge in [0, 0.05) is 26.7 Å². The summed E-state index contributed by atoms with van der Waals surface area (Å²) in [6.07, 6.45) is 2.89. The van der Waals surface area contributed by atoms with Crippen molar-refractivity contribution in [2.24, 2.45) is 0 Å². The Hall–Kier alpha value is -1.75. The monoisotopic (exact) mass is 339 g/mol. The molecule has 1 aromatic carbocycles. The lowest BCUT2D eigenvalue weighted by molar-refractivity contribution is 0.401. The standard InChI is InChI=1S/C17H29N5.ClH/c1-4-12-22(13-5-2)17(19)20-16(18)21(3)14-11-15-9-7-6-8-10-15;/h6-10H,4-5,11-14H2,1-3H3,(H3,18,19,20);1H. The summed E-state index contributed by atoms with van der Waals surface area (Å²) in [5.74, 6) is 0.596. The minimum Gasteiger partial charge on any atom is -0.346 e. The van der Waals surface area contributed by atoms with Gasteiger partial charge in [0.2, 0.25) is 0 Å². The van der Waals surface area contributed by atoms with Gasteiger partial charge in [-0.1, -0.05) is 44.2 Å². The summed E-state index contributed by atoms with van der Waals surface area (Å²) in [6, 6.07) is 10.3. The molecule has 0 heterocycles. The van der Waals surface area contributed by atoms with E-state index >= 15 is 0 Å². The Morgan fingerprint density at radius 2 is 1.52 bits per heavy atom. The number of likely N-dealkylation sites (N-methyl/N-ethyl adjacent to an activating group) is 1. The molecule has 1 rings (SSSR count). The second-order valence-electron chi connectivity index (χ2n) is 5.47. The zero-order chi connectivity index (χ0) is 16.4. The van der Waals surface area contributed by atoms with Gasteiger partial charge in [0.05, 0.1) is 0 Å². The lowest BCUT2D eigenvalue weighted by Crippen LogP contribution is -2.49. The average Bonchev–Trinajstić information content (AvgIpc) is 2.53. The smallest absolute Gasteiger partial charge is 0.197 e. The molecule has 0 aliphatic heterocycles. The molecule has 0 aromatic heterocycles. The van der Waals surface area contributed by atoms with E-state index in [2.05, 4.69) is 31.3 Å². The van der Waals surface area contributed by atoms with Crippen LogP contribution >= 0.6 is 12.4 Å². The van der Waals surface area contributed by atoms with Crippen LogP contribution in [-0.2, 0) is 6.42 Å². The molecule has 0 fully saturated rings. The molecule has 1 aromatic rings. The molecule has 23 heavy (non-hydrogen) atoms. The first-order chi connectivity index (χ1) is 10.6. The predicted molar refractivity (Wildman–Crippen MR) is 101 cm³/mol. The fourth-order valence-electron chi connectivity index (χ4n) is 2.22. The molecule has 130 valence electrons. The third kappa shape index (κ3) is 7.88. The highest BCUT2D eigenvalue weighted by molar-refractivity contribution is 5.95. The Labute approximate surface area is 146 Å². The largest absolute Gasteiger partial charge is 0.346 e. The summed E-state index contributed by atoms with van der Waals surface area (Å²) in [5, 5.41) is 19.1. The van der Waals surface area contributed by atoms with Crippen molar-refractivity contribution < 1.29 is 0 Å². The van der Waals surface area contributed by atoms with Crippen LogP contribution in [0.3, 0.4) is 0 Å². The fraction of sp³-hybridized carbons (Fsp3) is 0.529. The van der Waals surface area contributed by atoms with Crippen LogP contribution in [0.25, 0.3) is 0 Å². The third-order valence-corrected chi connectivity index (χ3v) is 3.50. The Bertz CT molecular complexity index is 457. The van der Waals surface area contributed by atoms with Crippen molar-refractivity contribution >= 4 is 24.3 Å². The maximum Gasteiger partial charge on any atom is 0.197 e. The van der Waals surface area contributed by atoms with E-state index in [1.807, 2.05) is 35.0 Å². The highest BCUT2D eigenvalue weighted by Gasteiger charge is 2.11. The third-order valence-electron chi connectivity index (χ3n) is 3.50. The highest BCUT2D eigenvalue weighted by atomic mass is 35.5. The molecule has 0 saturated carbocycles. The molecule has 0 atom stereocenters. The summed E-state index contributed by atoms with van der Waals surface area (Å²) < 4.78 is 0. The molecule has 3 N–H and O–H groups in total. The minimum absolute atomic E-state index is 0. The number of guanidine groups is 2. The Balaban J connectivity index is 0.00000484. The topological polar surface area (TPSA) is 66.2 Å². The van der Waals surface area contributed by atoms with E-state index < -0.39 is 0 Å². The van der Waals surface area contributed by atoms with Crippen molar-refractivity contribution in [3.8, 4) is 0 Å². The maximum absolute atomic E-state index is 8.12. The normalized spacial score (nSPS) is 9.70. The second-order valence-corrected chi connectivity index (χ2v) is 5.47. The number of nitrogens with one attached hydrogen (secondary N) is 3. The van der Waals surface area contributed by atoms with E-state index in [1.165, 1.54) is 5.56 Å². The zero-order valence-corrected chi connectivity index (χ0v) is 15.2. The van der Waals surface area contributed by atoms with Crippen molar-refractivity contribution in [2.75, 3.05) is 26.7 Å². The molecule has 0 aliphatic carbocycles. The lowest BCUT2D eigenvalue weighted by Gasteiger charge is -2.27. The molecular formula is C17H30ClN5. The summed E-state index contributed by atoms with van der Waals surface area (Å²) >= 11 is 0. The van der Waals surface area contributed by atoms with Crippen LogP contribution in [0.2, 0.25) is 0 Å². The molecular weight excluding hydrogens is 310 g/mol. The predicted octanol–water partition coefficient (Wildman–Crippen LogP) is 3.16. The van der Waals surface area contributed by atoms with Gasteiger partial charge in [0.15, 0.2) is 11.9 Å². The van der Waals surface area contributed by atoms with Gasteiger partial charge in [0.25, 0.3) is 0 Å². The van der Waals surface area contributed by atoms with E-state index in [0.717, 1.165) is 38.9 Å². The maximum atomic E-state index is 8.12. The highest BCUT2D eigenvalue weighted by Crippen LogP contribution is 2.01. The van der Waals surface area contributed by atoms with E-state index in [4.69, 9.17) is 10.8 Å². The van der Waals surface area contributed by atoms with Gasteiger partial charge in [-0.2, -0.15) is 0 Å². The van der Waals surface area contributed by atoms with Crippen LogP contribution in [-0.4, -0.2) is 48.4 Å². The van der Waals surface area contributed by atoms with Gasteiger partial charge in [-0.3, -0.25) is 16.1 Å². The Kier molecular flexibility index (Phi) is 10.9. The number of hydrogen-bond donors (Lipinski definition) is 3. The van der Waals surface area contributed by atoms with E-state index in [-0.39, 0.29) is 18.4 Å². The molecule has 0 amide bonds. The minimum atomic E-state index is 0. The van der Waals surface area contributed by atoms with Crippen molar-refractivity contribution in [1.29, 1.82) is 10.8 Å². The number of benzene rings is 1. The van der Waals surface area contributed by atoms with Crippen LogP contribution in [0.4, 0.5) is 0 Å². The summed E-state index contributed by atoms with van der Waals surface area (Å²) in [6.45, 7) is 6.66. The van der Waals surface area contributed by atoms with Crippen LogP contribution in [0.5, 0.6) is 0 Å². The van der Waals surface area contributed by atoms with Gasteiger partial charge in [-0.15, -0.1) is 12.4 Å². The van der Waals surface area contributed by atoms with E-state index in [1.54, 1.807) is 0 Å². The molecule has 0 saturated heterocycles. The fourth-order valence-corrected chi connectivity index (χ4v) is 2.22. The first kappa shape index (κ1) is 21.2. The summed E-state index contributed by atoms with van der Waals surface area (Å²) in [5.41, 5.74) is 1.26. The number of nitrogens with zero attached hydrogens (tertiary/aromatic N) is 2. The molecule has 0 unspecified atom stereocenters. The van der Waals surface area contributed by atoms with Gasteiger partial charge in [-0.25, -0.2) is 0 Å².